The lowest BCUT2D eigenvalue weighted by Crippen LogP contribution is -2.23. The summed E-state index contributed by atoms with van der Waals surface area (Å²) in [5.74, 6) is 0.244. The molecule has 22 heavy (non-hydrogen) atoms. The van der Waals surface area contributed by atoms with Gasteiger partial charge >= 0.3 is 0 Å². The third kappa shape index (κ3) is 2.64. The van der Waals surface area contributed by atoms with Gasteiger partial charge in [-0.3, -0.25) is 19.5 Å². The minimum absolute atomic E-state index is 0.0790. The highest BCUT2D eigenvalue weighted by molar-refractivity contribution is 5.95. The SMILES string of the molecule is CNC(=O)c1cn[nH]c1[C@H]1CCN(Cc2c(C)cnn2C)C1. The number of carbonyl (C=O) groups excluding carboxylic acids is 1. The monoisotopic (exact) mass is 302 g/mol. The van der Waals surface area contributed by atoms with E-state index >= 15 is 0 Å². The van der Waals surface area contributed by atoms with E-state index < -0.39 is 0 Å². The molecule has 0 spiro atoms. The third-order valence-electron chi connectivity index (χ3n) is 4.46. The van der Waals surface area contributed by atoms with E-state index in [4.69, 9.17) is 0 Å². The molecular weight excluding hydrogens is 280 g/mol. The van der Waals surface area contributed by atoms with Crippen LogP contribution in [0.5, 0.6) is 0 Å². The second-order valence-electron chi connectivity index (χ2n) is 5.90. The first-order chi connectivity index (χ1) is 10.6. The van der Waals surface area contributed by atoms with Crippen LogP contribution >= 0.6 is 0 Å². The summed E-state index contributed by atoms with van der Waals surface area (Å²) in [4.78, 5) is 14.3. The van der Waals surface area contributed by atoms with Crippen molar-refractivity contribution in [3.8, 4) is 0 Å². The van der Waals surface area contributed by atoms with E-state index in [1.165, 1.54) is 11.3 Å². The van der Waals surface area contributed by atoms with E-state index in [0.717, 1.165) is 31.7 Å². The molecule has 0 saturated carbocycles. The molecule has 7 nitrogen and oxygen atoms in total. The Morgan fingerprint density at radius 3 is 3.00 bits per heavy atom. The number of aromatic amines is 1. The minimum atomic E-state index is -0.0790. The molecule has 1 saturated heterocycles. The van der Waals surface area contributed by atoms with Gasteiger partial charge in [0, 0.05) is 33.1 Å². The number of rotatable bonds is 4. The summed E-state index contributed by atoms with van der Waals surface area (Å²) >= 11 is 0. The number of hydrogen-bond acceptors (Lipinski definition) is 4. The summed E-state index contributed by atoms with van der Waals surface area (Å²) in [7, 11) is 3.62. The van der Waals surface area contributed by atoms with Crippen LogP contribution in [0.1, 0.15) is 39.6 Å². The molecular formula is C15H22N6O. The number of H-pyrrole nitrogens is 1. The number of carbonyl (C=O) groups is 1. The van der Waals surface area contributed by atoms with E-state index in [1.807, 2.05) is 17.9 Å². The maximum atomic E-state index is 11.9. The Balaban J connectivity index is 1.70. The van der Waals surface area contributed by atoms with Crippen LogP contribution in [0, 0.1) is 6.92 Å². The van der Waals surface area contributed by atoms with E-state index in [2.05, 4.69) is 32.4 Å². The smallest absolute Gasteiger partial charge is 0.254 e. The van der Waals surface area contributed by atoms with Gasteiger partial charge in [-0.15, -0.1) is 0 Å². The summed E-state index contributed by atoms with van der Waals surface area (Å²) in [5.41, 5.74) is 4.07. The summed E-state index contributed by atoms with van der Waals surface area (Å²) in [5, 5.41) is 14.0. The highest BCUT2D eigenvalue weighted by atomic mass is 16.1. The Kier molecular flexibility index (Phi) is 3.98. The molecule has 3 heterocycles. The Morgan fingerprint density at radius 2 is 2.32 bits per heavy atom. The average molecular weight is 302 g/mol. The van der Waals surface area contributed by atoms with Crippen LogP contribution in [0.3, 0.4) is 0 Å². The van der Waals surface area contributed by atoms with Gasteiger partial charge in [-0.25, -0.2) is 0 Å². The highest BCUT2D eigenvalue weighted by Crippen LogP contribution is 2.29. The zero-order valence-corrected chi connectivity index (χ0v) is 13.3. The maximum Gasteiger partial charge on any atom is 0.254 e. The summed E-state index contributed by atoms with van der Waals surface area (Å²) in [6, 6.07) is 0. The van der Waals surface area contributed by atoms with Gasteiger partial charge in [-0.1, -0.05) is 0 Å². The van der Waals surface area contributed by atoms with Crippen molar-refractivity contribution in [1.82, 2.24) is 30.2 Å². The van der Waals surface area contributed by atoms with Gasteiger partial charge < -0.3 is 5.32 Å². The van der Waals surface area contributed by atoms with Gasteiger partial charge in [0.1, 0.15) is 0 Å². The van der Waals surface area contributed by atoms with E-state index in [-0.39, 0.29) is 5.91 Å². The van der Waals surface area contributed by atoms with Crippen molar-refractivity contribution >= 4 is 5.91 Å². The van der Waals surface area contributed by atoms with E-state index in [1.54, 1.807) is 13.2 Å². The molecule has 1 aliphatic heterocycles. The lowest BCUT2D eigenvalue weighted by molar-refractivity contribution is 0.0961. The molecule has 0 aromatic carbocycles. The van der Waals surface area contributed by atoms with Crippen LogP contribution in [-0.4, -0.2) is 50.9 Å². The Hall–Kier alpha value is -2.15. The van der Waals surface area contributed by atoms with Crippen molar-refractivity contribution in [3.05, 3.63) is 34.9 Å². The summed E-state index contributed by atoms with van der Waals surface area (Å²) in [6.07, 6.45) is 4.55. The number of nitrogens with zero attached hydrogens (tertiary/aromatic N) is 4. The Labute approximate surface area is 129 Å². The van der Waals surface area contributed by atoms with E-state index in [9.17, 15) is 4.79 Å². The van der Waals surface area contributed by atoms with Crippen LogP contribution < -0.4 is 5.32 Å². The van der Waals surface area contributed by atoms with Crippen molar-refractivity contribution in [3.63, 3.8) is 0 Å². The molecule has 3 rings (SSSR count). The second kappa shape index (κ2) is 5.92. The van der Waals surface area contributed by atoms with Crippen molar-refractivity contribution in [2.24, 2.45) is 7.05 Å². The predicted octanol–water partition coefficient (Wildman–Crippen LogP) is 0.801. The van der Waals surface area contributed by atoms with Crippen molar-refractivity contribution < 1.29 is 4.79 Å². The first kappa shape index (κ1) is 14.8. The Bertz CT molecular complexity index is 654. The number of hydrogen-bond donors (Lipinski definition) is 2. The van der Waals surface area contributed by atoms with Gasteiger partial charge in [-0.2, -0.15) is 10.2 Å². The van der Waals surface area contributed by atoms with Crippen LogP contribution in [0.4, 0.5) is 0 Å². The topological polar surface area (TPSA) is 78.8 Å². The number of aromatic nitrogens is 4. The van der Waals surface area contributed by atoms with Crippen molar-refractivity contribution in [1.29, 1.82) is 0 Å². The maximum absolute atomic E-state index is 11.9. The molecule has 0 bridgehead atoms. The predicted molar refractivity (Wildman–Crippen MR) is 82.6 cm³/mol. The standard InChI is InChI=1S/C15H22N6O/c1-10-6-18-20(3)13(10)9-21-5-4-11(8-21)14-12(7-17-19-14)15(22)16-2/h6-7,11H,4-5,8-9H2,1-3H3,(H,16,22)(H,17,19)/t11-/m0/s1. The lowest BCUT2D eigenvalue weighted by atomic mass is 10.0. The highest BCUT2D eigenvalue weighted by Gasteiger charge is 2.29. The first-order valence-electron chi connectivity index (χ1n) is 7.55. The number of nitrogens with one attached hydrogen (secondary N) is 2. The van der Waals surface area contributed by atoms with Gasteiger partial charge in [0.05, 0.1) is 29.3 Å². The minimum Gasteiger partial charge on any atom is -0.355 e. The fourth-order valence-corrected chi connectivity index (χ4v) is 3.15. The zero-order valence-electron chi connectivity index (χ0n) is 13.3. The van der Waals surface area contributed by atoms with Crippen molar-refractivity contribution in [2.45, 2.75) is 25.8 Å². The summed E-state index contributed by atoms with van der Waals surface area (Å²) < 4.78 is 1.94. The lowest BCUT2D eigenvalue weighted by Gasteiger charge is -2.17. The van der Waals surface area contributed by atoms with Crippen LogP contribution in [0.15, 0.2) is 12.4 Å². The molecule has 7 heteroatoms. The molecule has 2 N–H and O–H groups in total. The number of amides is 1. The van der Waals surface area contributed by atoms with Gasteiger partial charge in [0.15, 0.2) is 0 Å². The van der Waals surface area contributed by atoms with Crippen LogP contribution in [0.2, 0.25) is 0 Å². The van der Waals surface area contributed by atoms with Gasteiger partial charge in [-0.05, 0) is 25.5 Å². The number of aryl methyl sites for hydroxylation is 2. The second-order valence-corrected chi connectivity index (χ2v) is 5.90. The normalized spacial score (nSPS) is 18.8. The van der Waals surface area contributed by atoms with Crippen molar-refractivity contribution in [2.75, 3.05) is 20.1 Å². The molecule has 1 fully saturated rings. The molecule has 0 aliphatic carbocycles. The molecule has 0 radical (unpaired) electrons. The molecule has 118 valence electrons. The molecule has 1 atom stereocenters. The number of likely N-dealkylation sites (tertiary alicyclic amines) is 1. The summed E-state index contributed by atoms with van der Waals surface area (Å²) in [6.45, 7) is 4.93. The molecule has 1 aliphatic rings. The van der Waals surface area contributed by atoms with Crippen LogP contribution in [0.25, 0.3) is 0 Å². The first-order valence-corrected chi connectivity index (χ1v) is 7.55. The quantitative estimate of drug-likeness (QED) is 0.875. The molecule has 1 amide bonds. The largest absolute Gasteiger partial charge is 0.355 e. The van der Waals surface area contributed by atoms with Crippen LogP contribution in [-0.2, 0) is 13.6 Å². The van der Waals surface area contributed by atoms with Gasteiger partial charge in [0.25, 0.3) is 5.91 Å². The average Bonchev–Trinajstić information content (AvgIpc) is 3.22. The Morgan fingerprint density at radius 1 is 1.50 bits per heavy atom. The fourth-order valence-electron chi connectivity index (χ4n) is 3.15. The molecule has 0 unspecified atom stereocenters. The third-order valence-corrected chi connectivity index (χ3v) is 4.46. The zero-order chi connectivity index (χ0) is 15.7. The molecule has 2 aromatic rings. The molecule has 2 aromatic heterocycles. The van der Waals surface area contributed by atoms with E-state index in [0.29, 0.717) is 11.5 Å². The van der Waals surface area contributed by atoms with Gasteiger partial charge in [0.2, 0.25) is 0 Å². The fraction of sp³-hybridized carbons (Fsp3) is 0.533.